The van der Waals surface area contributed by atoms with E-state index in [1.54, 1.807) is 6.07 Å². The molecule has 0 aromatic heterocycles. The number of nitrogens with one attached hydrogen (secondary N) is 1. The summed E-state index contributed by atoms with van der Waals surface area (Å²) in [4.78, 5) is 2.29. The molecule has 29 heavy (non-hydrogen) atoms. The average molecular weight is 391 g/mol. The Bertz CT molecular complexity index is 1020. The lowest BCUT2D eigenvalue weighted by atomic mass is 9.49. The minimum absolute atomic E-state index is 0.0500. The van der Waals surface area contributed by atoms with Gasteiger partial charge in [-0.15, -0.1) is 0 Å². The van der Waals surface area contributed by atoms with Gasteiger partial charge in [0, 0.05) is 11.6 Å². The second kappa shape index (κ2) is 5.74. The molecule has 1 spiro atoms. The third-order valence-electron chi connectivity index (χ3n) is 7.65. The summed E-state index contributed by atoms with van der Waals surface area (Å²) < 4.78 is 6.41. The van der Waals surface area contributed by atoms with Gasteiger partial charge in [0.2, 0.25) is 0 Å². The van der Waals surface area contributed by atoms with Gasteiger partial charge in [0.15, 0.2) is 17.6 Å². The first kappa shape index (κ1) is 17.3. The lowest BCUT2D eigenvalue weighted by molar-refractivity contribution is -0.160. The lowest BCUT2D eigenvalue weighted by Crippen LogP contribution is -2.76. The minimum atomic E-state index is -0.886. The monoisotopic (exact) mass is 391 g/mol. The first-order valence-electron chi connectivity index (χ1n) is 10.4. The first-order valence-corrected chi connectivity index (χ1v) is 10.4. The molecule has 1 unspecified atom stereocenters. The van der Waals surface area contributed by atoms with E-state index in [1.165, 1.54) is 5.56 Å². The molecule has 3 N–H and O–H groups in total. The van der Waals surface area contributed by atoms with Crippen LogP contribution in [0.5, 0.6) is 11.5 Å². The fraction of sp³-hybridized carbons (Fsp3) is 0.435. The van der Waals surface area contributed by atoms with Crippen LogP contribution in [0.4, 0.5) is 5.69 Å². The van der Waals surface area contributed by atoms with Gasteiger partial charge in [0.25, 0.3) is 0 Å². The van der Waals surface area contributed by atoms with E-state index in [2.05, 4.69) is 17.4 Å². The number of aromatic hydroxyl groups is 1. The Morgan fingerprint density at radius 2 is 2.00 bits per heavy atom. The summed E-state index contributed by atoms with van der Waals surface area (Å²) in [5.74, 6) is 0.700. The zero-order chi connectivity index (χ0) is 19.8. The van der Waals surface area contributed by atoms with Gasteiger partial charge in [-0.25, -0.2) is 0 Å². The fourth-order valence-corrected chi connectivity index (χ4v) is 6.32. The van der Waals surface area contributed by atoms with Crippen LogP contribution in [0.15, 0.2) is 47.6 Å². The topological polar surface area (TPSA) is 77.3 Å². The predicted octanol–water partition coefficient (Wildman–Crippen LogP) is 2.64. The average Bonchev–Trinajstić information content (AvgIpc) is 3.08. The van der Waals surface area contributed by atoms with E-state index in [-0.39, 0.29) is 17.9 Å². The van der Waals surface area contributed by atoms with E-state index in [1.807, 2.05) is 36.4 Å². The smallest absolute Gasteiger partial charge is 0.166 e. The summed E-state index contributed by atoms with van der Waals surface area (Å²) >= 11 is 0. The Morgan fingerprint density at radius 3 is 2.83 bits per heavy atom. The van der Waals surface area contributed by atoms with Gasteiger partial charge >= 0.3 is 0 Å². The van der Waals surface area contributed by atoms with Gasteiger partial charge in [0.1, 0.15) is 0 Å². The maximum atomic E-state index is 12.1. The Hall–Kier alpha value is -2.57. The molecular weight excluding hydrogens is 366 g/mol. The number of hydrogen-bond donors (Lipinski definition) is 3. The van der Waals surface area contributed by atoms with Crippen LogP contribution in [0.3, 0.4) is 0 Å². The van der Waals surface area contributed by atoms with Crippen molar-refractivity contribution in [2.45, 2.75) is 48.8 Å². The molecule has 2 aromatic carbocycles. The quantitative estimate of drug-likeness (QED) is 0.686. The van der Waals surface area contributed by atoms with Gasteiger partial charge in [-0.05, 0) is 63.0 Å². The molecule has 6 heteroatoms. The lowest BCUT2D eigenvalue weighted by Gasteiger charge is -2.62. The Morgan fingerprint density at radius 1 is 1.17 bits per heavy atom. The molecule has 2 aliphatic heterocycles. The van der Waals surface area contributed by atoms with Crippen LogP contribution in [0.1, 0.15) is 30.4 Å². The van der Waals surface area contributed by atoms with Crippen LogP contribution >= 0.6 is 0 Å². The Balaban J connectivity index is 1.51. The third-order valence-corrected chi connectivity index (χ3v) is 7.65. The summed E-state index contributed by atoms with van der Waals surface area (Å²) in [5.41, 5.74) is 5.74. The highest BCUT2D eigenvalue weighted by Gasteiger charge is 2.72. The van der Waals surface area contributed by atoms with Crippen molar-refractivity contribution in [2.75, 3.05) is 19.0 Å². The highest BCUT2D eigenvalue weighted by Crippen LogP contribution is 2.64. The van der Waals surface area contributed by atoms with E-state index in [9.17, 15) is 10.2 Å². The number of likely N-dealkylation sites (N-methyl/N-ethyl adjacent to an activating group) is 1. The first-order chi connectivity index (χ1) is 14.0. The number of benzene rings is 2. The summed E-state index contributed by atoms with van der Waals surface area (Å²) in [6.07, 6.45) is 2.51. The highest BCUT2D eigenvalue weighted by atomic mass is 16.5. The molecule has 4 aliphatic rings. The number of phenolic OH excluding ortho intramolecular Hbond substituents is 1. The summed E-state index contributed by atoms with van der Waals surface area (Å²) in [5, 5.41) is 27.4. The maximum Gasteiger partial charge on any atom is 0.166 e. The molecular formula is C23H25N3O3. The summed E-state index contributed by atoms with van der Waals surface area (Å²) in [6, 6.07) is 13.6. The molecule has 0 radical (unpaired) electrons. The van der Waals surface area contributed by atoms with Crippen LogP contribution in [-0.2, 0) is 11.8 Å². The normalized spacial score (nSPS) is 35.9. The minimum Gasteiger partial charge on any atom is -0.504 e. The number of anilines is 1. The van der Waals surface area contributed by atoms with Crippen LogP contribution in [0.25, 0.3) is 0 Å². The standard InChI is InChI=1S/C23H25N3O3/c1-26-12-11-22-19-14-7-8-17(27)20(19)29-21(22)16(9-10-23(22,28)18(26)13-14)25-24-15-5-3-2-4-6-15/h2-8,18,21,24,27-28H,9-13H2,1H3/b25-16+/t18-,21?,22+,23-/m1/s1. The number of likely N-dealkylation sites (tertiary alicyclic amines) is 1. The van der Waals surface area contributed by atoms with Crippen molar-refractivity contribution in [1.82, 2.24) is 4.90 Å². The molecule has 2 bridgehead atoms. The number of hydrogen-bond acceptors (Lipinski definition) is 6. The summed E-state index contributed by atoms with van der Waals surface area (Å²) in [7, 11) is 2.10. The highest BCUT2D eigenvalue weighted by molar-refractivity contribution is 5.95. The van der Waals surface area contributed by atoms with Gasteiger partial charge in [-0.2, -0.15) is 5.10 Å². The van der Waals surface area contributed by atoms with Crippen LogP contribution in [0.2, 0.25) is 0 Å². The number of ether oxygens (including phenoxy) is 1. The maximum absolute atomic E-state index is 12.1. The van der Waals surface area contributed by atoms with Crippen molar-refractivity contribution < 1.29 is 14.9 Å². The van der Waals surface area contributed by atoms with Gasteiger partial charge in [-0.3, -0.25) is 5.43 Å². The van der Waals surface area contributed by atoms with Gasteiger partial charge in [0.05, 0.1) is 22.4 Å². The molecule has 2 aliphatic carbocycles. The molecule has 2 aromatic rings. The fourth-order valence-electron chi connectivity index (χ4n) is 6.32. The van der Waals surface area contributed by atoms with E-state index < -0.39 is 11.0 Å². The van der Waals surface area contributed by atoms with Crippen LogP contribution < -0.4 is 10.2 Å². The van der Waals surface area contributed by atoms with Crippen molar-refractivity contribution in [3.63, 3.8) is 0 Å². The molecule has 2 fully saturated rings. The molecule has 1 saturated heterocycles. The molecule has 150 valence electrons. The van der Waals surface area contributed by atoms with E-state index in [0.29, 0.717) is 18.6 Å². The predicted molar refractivity (Wildman–Crippen MR) is 111 cm³/mol. The van der Waals surface area contributed by atoms with E-state index >= 15 is 0 Å². The number of nitrogens with zero attached hydrogens (tertiary/aromatic N) is 2. The SMILES string of the molecule is CN1CC[C@]23c4c5ccc(O)c4OC2/C(=N/Nc2ccccc2)CC[C@@]3(O)[C@H]1C5. The zero-order valence-electron chi connectivity index (χ0n) is 16.4. The van der Waals surface area contributed by atoms with Crippen LogP contribution in [-0.4, -0.2) is 52.2 Å². The number of phenols is 1. The number of rotatable bonds is 2. The van der Waals surface area contributed by atoms with Gasteiger partial charge in [-0.1, -0.05) is 24.3 Å². The molecule has 1 saturated carbocycles. The summed E-state index contributed by atoms with van der Waals surface area (Å²) in [6.45, 7) is 0.890. The van der Waals surface area contributed by atoms with Crippen LogP contribution in [0, 0.1) is 0 Å². The molecule has 6 nitrogen and oxygen atoms in total. The third kappa shape index (κ3) is 2.05. The molecule has 0 amide bonds. The molecule has 2 heterocycles. The Kier molecular flexibility index (Phi) is 3.42. The van der Waals surface area contributed by atoms with Crippen molar-refractivity contribution in [3.05, 3.63) is 53.6 Å². The van der Waals surface area contributed by atoms with Crippen molar-refractivity contribution in [2.24, 2.45) is 5.10 Å². The number of aliphatic hydroxyl groups is 1. The second-order valence-electron chi connectivity index (χ2n) is 8.87. The zero-order valence-corrected chi connectivity index (χ0v) is 16.4. The molecule has 4 atom stereocenters. The number of para-hydroxylation sites is 1. The van der Waals surface area contributed by atoms with Crippen molar-refractivity contribution >= 4 is 11.4 Å². The van der Waals surface area contributed by atoms with Crippen molar-refractivity contribution in [3.8, 4) is 11.5 Å². The van der Waals surface area contributed by atoms with E-state index in [4.69, 9.17) is 9.84 Å². The largest absolute Gasteiger partial charge is 0.504 e. The van der Waals surface area contributed by atoms with Crippen molar-refractivity contribution in [1.29, 1.82) is 0 Å². The van der Waals surface area contributed by atoms with Gasteiger partial charge < -0.3 is 19.8 Å². The number of piperidine rings is 1. The molecule has 6 rings (SSSR count). The second-order valence-corrected chi connectivity index (χ2v) is 8.87. The van der Waals surface area contributed by atoms with E-state index in [0.717, 1.165) is 36.3 Å². The number of hydrazone groups is 1. The Labute approximate surface area is 169 Å².